The van der Waals surface area contributed by atoms with E-state index in [2.05, 4.69) is 14.7 Å². The summed E-state index contributed by atoms with van der Waals surface area (Å²) in [6, 6.07) is 9.24. The molecule has 1 aromatic carbocycles. The summed E-state index contributed by atoms with van der Waals surface area (Å²) in [6.07, 6.45) is 2.81. The summed E-state index contributed by atoms with van der Waals surface area (Å²) in [5, 5.41) is 1.08. The van der Waals surface area contributed by atoms with Gasteiger partial charge in [0.2, 0.25) is 5.88 Å². The first-order valence-electron chi connectivity index (χ1n) is 7.42. The Kier molecular flexibility index (Phi) is 6.14. The number of nitrogens with one attached hydrogen (secondary N) is 1. The maximum atomic E-state index is 12.2. The predicted octanol–water partition coefficient (Wildman–Crippen LogP) is 2.69. The highest BCUT2D eigenvalue weighted by atomic mass is 32.2. The van der Waals surface area contributed by atoms with Gasteiger partial charge in [0, 0.05) is 0 Å². The van der Waals surface area contributed by atoms with Gasteiger partial charge in [-0.15, -0.1) is 0 Å². The summed E-state index contributed by atoms with van der Waals surface area (Å²) >= 11 is 0. The van der Waals surface area contributed by atoms with Crippen LogP contribution in [-0.4, -0.2) is 31.6 Å². The van der Waals surface area contributed by atoms with E-state index in [0.717, 1.165) is 11.0 Å². The summed E-state index contributed by atoms with van der Waals surface area (Å²) < 4.78 is 37.3. The van der Waals surface area contributed by atoms with Gasteiger partial charge in [0.1, 0.15) is 5.69 Å². The minimum atomic E-state index is -3.73. The van der Waals surface area contributed by atoms with Crippen molar-refractivity contribution in [2.24, 2.45) is 0 Å². The van der Waals surface area contributed by atoms with Gasteiger partial charge >= 0.3 is 6.01 Å². The lowest BCUT2D eigenvalue weighted by molar-refractivity contribution is 0.290. The van der Waals surface area contributed by atoms with Gasteiger partial charge in [0.15, 0.2) is 0 Å². The first-order valence-corrected chi connectivity index (χ1v) is 8.97. The lowest BCUT2D eigenvalue weighted by Gasteiger charge is -2.11. The van der Waals surface area contributed by atoms with Crippen LogP contribution in [0.2, 0.25) is 0 Å². The van der Waals surface area contributed by atoms with Crippen molar-refractivity contribution in [3.63, 3.8) is 0 Å². The van der Waals surface area contributed by atoms with Gasteiger partial charge in [0.25, 0.3) is 10.0 Å². The van der Waals surface area contributed by atoms with Crippen molar-refractivity contribution in [1.82, 2.24) is 9.97 Å². The highest BCUT2D eigenvalue weighted by Gasteiger charge is 2.14. The van der Waals surface area contributed by atoms with E-state index in [0.29, 0.717) is 13.2 Å². The first kappa shape index (κ1) is 17.7. The molecule has 2 rings (SSSR count). The monoisotopic (exact) mass is 349 g/mol. The van der Waals surface area contributed by atoms with E-state index in [4.69, 9.17) is 9.47 Å². The van der Waals surface area contributed by atoms with Crippen molar-refractivity contribution in [3.05, 3.63) is 47.5 Å². The van der Waals surface area contributed by atoms with E-state index in [1.54, 1.807) is 26.0 Å². The number of ether oxygens (including phenoxy) is 2. The Balaban J connectivity index is 2.20. The van der Waals surface area contributed by atoms with Crippen LogP contribution in [0.3, 0.4) is 0 Å². The minimum Gasteiger partial charge on any atom is -0.476 e. The van der Waals surface area contributed by atoms with Crippen LogP contribution in [0.5, 0.6) is 11.9 Å². The van der Waals surface area contributed by atoms with Gasteiger partial charge in [-0.25, -0.2) is 13.4 Å². The summed E-state index contributed by atoms with van der Waals surface area (Å²) in [5.41, 5.74) is 0.925. The molecule has 1 aromatic heterocycles. The van der Waals surface area contributed by atoms with E-state index in [1.165, 1.54) is 12.3 Å². The van der Waals surface area contributed by atoms with E-state index >= 15 is 0 Å². The fraction of sp³-hybridized carbons (Fsp3) is 0.250. The van der Waals surface area contributed by atoms with Crippen LogP contribution in [0.4, 0.5) is 5.69 Å². The number of benzene rings is 1. The molecule has 0 saturated carbocycles. The Hall–Kier alpha value is -2.61. The van der Waals surface area contributed by atoms with Gasteiger partial charge in [-0.1, -0.05) is 30.3 Å². The molecule has 0 atom stereocenters. The summed E-state index contributed by atoms with van der Waals surface area (Å²) in [6.45, 7) is 4.30. The van der Waals surface area contributed by atoms with Crippen LogP contribution < -0.4 is 14.2 Å². The zero-order valence-electron chi connectivity index (χ0n) is 13.5. The van der Waals surface area contributed by atoms with Crippen LogP contribution in [-0.2, 0) is 10.0 Å². The molecule has 0 aliphatic rings. The third-order valence-corrected chi connectivity index (χ3v) is 3.78. The molecule has 0 spiro atoms. The maximum absolute atomic E-state index is 12.2. The molecule has 0 aliphatic heterocycles. The quantitative estimate of drug-likeness (QED) is 0.788. The average molecular weight is 349 g/mol. The van der Waals surface area contributed by atoms with Crippen molar-refractivity contribution in [1.29, 1.82) is 0 Å². The maximum Gasteiger partial charge on any atom is 0.319 e. The molecule has 128 valence electrons. The number of hydrogen-bond acceptors (Lipinski definition) is 6. The Bertz CT molecular complexity index is 792. The molecular weight excluding hydrogens is 330 g/mol. The predicted molar refractivity (Wildman–Crippen MR) is 92.4 cm³/mol. The van der Waals surface area contributed by atoms with E-state index in [1.807, 2.05) is 18.2 Å². The van der Waals surface area contributed by atoms with Crippen LogP contribution >= 0.6 is 0 Å². The van der Waals surface area contributed by atoms with Crippen molar-refractivity contribution in [3.8, 4) is 11.9 Å². The Morgan fingerprint density at radius 2 is 1.83 bits per heavy atom. The Labute approximate surface area is 141 Å². The number of anilines is 1. The van der Waals surface area contributed by atoms with Crippen molar-refractivity contribution < 1.29 is 17.9 Å². The Morgan fingerprint density at radius 1 is 1.12 bits per heavy atom. The molecule has 0 amide bonds. The second kappa shape index (κ2) is 8.30. The molecule has 0 fully saturated rings. The topological polar surface area (TPSA) is 90.4 Å². The third-order valence-electron chi connectivity index (χ3n) is 2.78. The van der Waals surface area contributed by atoms with Gasteiger partial charge in [-0.2, -0.15) is 4.98 Å². The zero-order chi connectivity index (χ0) is 17.4. The second-order valence-electron chi connectivity index (χ2n) is 4.60. The highest BCUT2D eigenvalue weighted by molar-refractivity contribution is 7.95. The van der Waals surface area contributed by atoms with Gasteiger partial charge in [-0.3, -0.25) is 4.72 Å². The summed E-state index contributed by atoms with van der Waals surface area (Å²) in [5.74, 6) is 0.118. The van der Waals surface area contributed by atoms with Crippen molar-refractivity contribution in [2.75, 3.05) is 17.9 Å². The molecule has 8 heteroatoms. The molecule has 24 heavy (non-hydrogen) atoms. The number of rotatable bonds is 8. The van der Waals surface area contributed by atoms with E-state index in [9.17, 15) is 8.42 Å². The number of nitrogens with zero attached hydrogens (tertiary/aromatic N) is 2. The number of aromatic nitrogens is 2. The molecular formula is C16H19N3O4S. The lowest BCUT2D eigenvalue weighted by Crippen LogP contribution is -2.12. The summed E-state index contributed by atoms with van der Waals surface area (Å²) in [4.78, 5) is 8.00. The number of sulfonamides is 1. The van der Waals surface area contributed by atoms with Gasteiger partial charge in [-0.05, 0) is 25.5 Å². The number of hydrogen-bond donors (Lipinski definition) is 1. The van der Waals surface area contributed by atoms with Crippen LogP contribution in [0.25, 0.3) is 6.08 Å². The van der Waals surface area contributed by atoms with Gasteiger partial charge in [0.05, 0.1) is 24.8 Å². The molecule has 0 unspecified atom stereocenters. The smallest absolute Gasteiger partial charge is 0.319 e. The largest absolute Gasteiger partial charge is 0.476 e. The molecule has 1 heterocycles. The molecule has 1 N–H and O–H groups in total. The second-order valence-corrected chi connectivity index (χ2v) is 6.16. The molecule has 2 aromatic rings. The van der Waals surface area contributed by atoms with E-state index in [-0.39, 0.29) is 17.6 Å². The molecule has 0 aliphatic carbocycles. The standard InChI is InChI=1S/C16H19N3O4S/c1-3-22-15-14(12-17-16(18-15)23-4-2)19-24(20,21)11-10-13-8-6-5-7-9-13/h5-12,19H,3-4H2,1-2H3/b11-10+. The van der Waals surface area contributed by atoms with Gasteiger partial charge < -0.3 is 9.47 Å². The molecule has 7 nitrogen and oxygen atoms in total. The fourth-order valence-electron chi connectivity index (χ4n) is 1.79. The summed E-state index contributed by atoms with van der Waals surface area (Å²) in [7, 11) is -3.73. The van der Waals surface area contributed by atoms with E-state index < -0.39 is 10.0 Å². The van der Waals surface area contributed by atoms with Crippen LogP contribution in [0.1, 0.15) is 19.4 Å². The minimum absolute atomic E-state index is 0.118. The van der Waals surface area contributed by atoms with Crippen molar-refractivity contribution in [2.45, 2.75) is 13.8 Å². The molecule has 0 bridgehead atoms. The third kappa shape index (κ3) is 5.24. The molecule has 0 saturated heterocycles. The van der Waals surface area contributed by atoms with Crippen LogP contribution in [0, 0.1) is 0 Å². The Morgan fingerprint density at radius 3 is 2.50 bits per heavy atom. The van der Waals surface area contributed by atoms with Crippen LogP contribution in [0.15, 0.2) is 41.9 Å². The van der Waals surface area contributed by atoms with Crippen molar-refractivity contribution >= 4 is 21.8 Å². The SMILES string of the molecule is CCOc1ncc(NS(=O)(=O)/C=C/c2ccccc2)c(OCC)n1. The fourth-order valence-corrected chi connectivity index (χ4v) is 2.64. The average Bonchev–Trinajstić information content (AvgIpc) is 2.57. The highest BCUT2D eigenvalue weighted by Crippen LogP contribution is 2.24. The molecule has 0 radical (unpaired) electrons. The first-order chi connectivity index (χ1) is 11.5. The normalized spacial score (nSPS) is 11.4. The zero-order valence-corrected chi connectivity index (χ0v) is 14.3. The lowest BCUT2D eigenvalue weighted by atomic mass is 10.2.